The monoisotopic (exact) mass is 289 g/mol. The van der Waals surface area contributed by atoms with Gasteiger partial charge in [-0.25, -0.2) is 4.98 Å². The molecule has 0 unspecified atom stereocenters. The molecule has 0 bridgehead atoms. The summed E-state index contributed by atoms with van der Waals surface area (Å²) in [6, 6.07) is 8.28. The molecule has 2 N–H and O–H groups in total. The number of rotatable bonds is 1. The number of nitrogens with zero attached hydrogens (tertiary/aromatic N) is 1. The van der Waals surface area contributed by atoms with E-state index in [1.54, 1.807) is 0 Å². The molecule has 3 aromatic rings. The van der Waals surface area contributed by atoms with Gasteiger partial charge in [0.1, 0.15) is 16.1 Å². The van der Waals surface area contributed by atoms with Crippen molar-refractivity contribution >= 4 is 26.8 Å². The summed E-state index contributed by atoms with van der Waals surface area (Å²) in [5.74, 6) is 0.913. The van der Waals surface area contributed by atoms with Crippen molar-refractivity contribution in [2.75, 3.05) is 0 Å². The van der Waals surface area contributed by atoms with E-state index in [0.29, 0.717) is 0 Å². The van der Waals surface area contributed by atoms with E-state index < -0.39 is 0 Å². The molecule has 0 amide bonds. The number of H-pyrrole nitrogens is 2. The molecule has 2 heterocycles. The summed E-state index contributed by atoms with van der Waals surface area (Å²) in [7, 11) is 0. The third-order valence-electron chi connectivity index (χ3n) is 2.91. The quantitative estimate of drug-likeness (QED) is 0.700. The van der Waals surface area contributed by atoms with Gasteiger partial charge in [0.2, 0.25) is 0 Å². The number of halogens is 1. The zero-order chi connectivity index (χ0) is 12.0. The number of aromatic amines is 2. The summed E-state index contributed by atoms with van der Waals surface area (Å²) in [4.78, 5) is 11.1. The van der Waals surface area contributed by atoms with Gasteiger partial charge in [0, 0.05) is 22.2 Å². The molecule has 0 saturated carbocycles. The molecule has 0 fully saturated rings. The van der Waals surface area contributed by atoms with Gasteiger partial charge in [-0.2, -0.15) is 0 Å². The summed E-state index contributed by atoms with van der Waals surface area (Å²) >= 11 is 3.53. The van der Waals surface area contributed by atoms with Crippen molar-refractivity contribution in [2.45, 2.75) is 13.8 Å². The number of aromatic nitrogens is 3. The van der Waals surface area contributed by atoms with Crippen LogP contribution in [0, 0.1) is 13.8 Å². The van der Waals surface area contributed by atoms with Gasteiger partial charge in [-0.3, -0.25) is 0 Å². The molecular weight excluding hydrogens is 278 g/mol. The maximum Gasteiger partial charge on any atom is 0.110 e. The number of hydrogen-bond acceptors (Lipinski definition) is 1. The average molecular weight is 290 g/mol. The van der Waals surface area contributed by atoms with Crippen molar-refractivity contribution in [1.29, 1.82) is 0 Å². The highest BCUT2D eigenvalue weighted by atomic mass is 79.9. The van der Waals surface area contributed by atoms with Crippen LogP contribution in [0.25, 0.3) is 22.2 Å². The highest BCUT2D eigenvalue weighted by molar-refractivity contribution is 9.10. The van der Waals surface area contributed by atoms with Crippen molar-refractivity contribution in [3.8, 4) is 11.3 Å². The molecule has 0 spiro atoms. The lowest BCUT2D eigenvalue weighted by molar-refractivity contribution is 1.14. The van der Waals surface area contributed by atoms with E-state index in [0.717, 1.165) is 32.9 Å². The molecule has 0 atom stereocenters. The van der Waals surface area contributed by atoms with Gasteiger partial charge in [-0.1, -0.05) is 18.2 Å². The van der Waals surface area contributed by atoms with Gasteiger partial charge < -0.3 is 9.97 Å². The lowest BCUT2D eigenvalue weighted by Crippen LogP contribution is -1.81. The predicted molar refractivity (Wildman–Crippen MR) is 73.1 cm³/mol. The van der Waals surface area contributed by atoms with Crippen molar-refractivity contribution < 1.29 is 0 Å². The van der Waals surface area contributed by atoms with Gasteiger partial charge in [0.05, 0.1) is 0 Å². The van der Waals surface area contributed by atoms with Crippen LogP contribution in [0.15, 0.2) is 28.9 Å². The summed E-state index contributed by atoms with van der Waals surface area (Å²) in [5.41, 5.74) is 4.42. The first-order valence-electron chi connectivity index (χ1n) is 5.46. The largest absolute Gasteiger partial charge is 0.358 e. The normalized spacial score (nSPS) is 11.2. The maximum atomic E-state index is 4.54. The first-order chi connectivity index (χ1) is 8.16. The van der Waals surface area contributed by atoms with Crippen molar-refractivity contribution in [2.24, 2.45) is 0 Å². The Morgan fingerprint density at radius 2 is 1.88 bits per heavy atom. The Morgan fingerprint density at radius 1 is 1.12 bits per heavy atom. The summed E-state index contributed by atoms with van der Waals surface area (Å²) < 4.78 is 0.933. The van der Waals surface area contributed by atoms with Gasteiger partial charge in [0.25, 0.3) is 0 Å². The molecule has 0 aliphatic heterocycles. The second-order valence-corrected chi connectivity index (χ2v) is 4.95. The Balaban J connectivity index is 2.37. The Kier molecular flexibility index (Phi) is 2.33. The van der Waals surface area contributed by atoms with E-state index in [-0.39, 0.29) is 0 Å². The maximum absolute atomic E-state index is 4.54. The number of nitrogens with one attached hydrogen (secondary N) is 2. The van der Waals surface area contributed by atoms with E-state index in [9.17, 15) is 0 Å². The van der Waals surface area contributed by atoms with Crippen molar-refractivity contribution in [3.05, 3.63) is 40.4 Å². The molecule has 4 heteroatoms. The Bertz CT molecular complexity index is 694. The average Bonchev–Trinajstić information content (AvgIpc) is 2.77. The van der Waals surface area contributed by atoms with Crippen LogP contribution in [0.1, 0.15) is 11.5 Å². The van der Waals surface area contributed by atoms with Crippen LogP contribution in [0.2, 0.25) is 0 Å². The van der Waals surface area contributed by atoms with Crippen LogP contribution >= 0.6 is 15.9 Å². The zero-order valence-electron chi connectivity index (χ0n) is 9.63. The SMILES string of the molecule is Cc1nc(-c2c(C)[nH]c3ccccc23)c(Br)[nH]1. The van der Waals surface area contributed by atoms with Crippen LogP contribution < -0.4 is 0 Å². The minimum atomic E-state index is 0.913. The molecule has 1 aromatic carbocycles. The lowest BCUT2D eigenvalue weighted by atomic mass is 10.1. The number of hydrogen-bond donors (Lipinski definition) is 2. The van der Waals surface area contributed by atoms with Crippen molar-refractivity contribution in [1.82, 2.24) is 15.0 Å². The lowest BCUT2D eigenvalue weighted by Gasteiger charge is -1.97. The highest BCUT2D eigenvalue weighted by Gasteiger charge is 2.15. The fourth-order valence-electron chi connectivity index (χ4n) is 2.21. The van der Waals surface area contributed by atoms with Gasteiger partial charge in [-0.05, 0) is 35.8 Å². The molecule has 0 radical (unpaired) electrons. The van der Waals surface area contributed by atoms with Crippen LogP contribution in [-0.2, 0) is 0 Å². The topological polar surface area (TPSA) is 44.5 Å². The number of benzene rings is 1. The molecule has 0 aliphatic rings. The molecule has 2 aromatic heterocycles. The summed E-state index contributed by atoms with van der Waals surface area (Å²) in [6.45, 7) is 4.03. The van der Waals surface area contributed by atoms with E-state index in [1.807, 2.05) is 19.1 Å². The fraction of sp³-hybridized carbons (Fsp3) is 0.154. The fourth-order valence-corrected chi connectivity index (χ4v) is 2.78. The van der Waals surface area contributed by atoms with Crippen LogP contribution in [-0.4, -0.2) is 15.0 Å². The molecule has 3 nitrogen and oxygen atoms in total. The summed E-state index contributed by atoms with van der Waals surface area (Å²) in [5, 5.41) is 1.21. The Labute approximate surface area is 107 Å². The standard InChI is InChI=1S/C13H12BrN3/c1-7-11(12-13(14)17-8(2)16-12)9-5-3-4-6-10(9)15-7/h3-6,15H,1-2H3,(H,16,17). The zero-order valence-corrected chi connectivity index (χ0v) is 11.2. The smallest absolute Gasteiger partial charge is 0.110 e. The van der Waals surface area contributed by atoms with Gasteiger partial charge in [-0.15, -0.1) is 0 Å². The Morgan fingerprint density at radius 3 is 2.59 bits per heavy atom. The molecule has 17 heavy (non-hydrogen) atoms. The molecule has 0 saturated heterocycles. The minimum Gasteiger partial charge on any atom is -0.358 e. The van der Waals surface area contributed by atoms with Crippen LogP contribution in [0.3, 0.4) is 0 Å². The third-order valence-corrected chi connectivity index (χ3v) is 3.48. The van der Waals surface area contributed by atoms with Crippen LogP contribution in [0.4, 0.5) is 0 Å². The molecular formula is C13H12BrN3. The Hall–Kier alpha value is -1.55. The predicted octanol–water partition coefficient (Wildman–Crippen LogP) is 3.94. The molecule has 0 aliphatic carbocycles. The van der Waals surface area contributed by atoms with E-state index in [2.05, 4.69) is 49.9 Å². The third kappa shape index (κ3) is 1.60. The molecule has 86 valence electrons. The van der Waals surface area contributed by atoms with E-state index >= 15 is 0 Å². The highest BCUT2D eigenvalue weighted by Crippen LogP contribution is 2.34. The second-order valence-electron chi connectivity index (χ2n) is 4.16. The number of imidazole rings is 1. The van der Waals surface area contributed by atoms with E-state index in [1.165, 1.54) is 5.39 Å². The first kappa shape index (κ1) is 10.6. The van der Waals surface area contributed by atoms with Gasteiger partial charge >= 0.3 is 0 Å². The molecule has 3 rings (SSSR count). The van der Waals surface area contributed by atoms with Crippen LogP contribution in [0.5, 0.6) is 0 Å². The van der Waals surface area contributed by atoms with Gasteiger partial charge in [0.15, 0.2) is 0 Å². The van der Waals surface area contributed by atoms with Crippen molar-refractivity contribution in [3.63, 3.8) is 0 Å². The van der Waals surface area contributed by atoms with E-state index in [4.69, 9.17) is 0 Å². The summed E-state index contributed by atoms with van der Waals surface area (Å²) in [6.07, 6.45) is 0. The number of fused-ring (bicyclic) bond motifs is 1. The number of aryl methyl sites for hydroxylation is 2. The first-order valence-corrected chi connectivity index (χ1v) is 6.26. The minimum absolute atomic E-state index is 0.913. The second kappa shape index (κ2) is 3.74. The number of para-hydroxylation sites is 1.